The van der Waals surface area contributed by atoms with Crippen LogP contribution in [0.2, 0.25) is 0 Å². The number of piperidine rings is 1. The third-order valence-corrected chi connectivity index (χ3v) is 6.42. The molecule has 26 heavy (non-hydrogen) atoms. The van der Waals surface area contributed by atoms with Gasteiger partial charge in [-0.3, -0.25) is 14.7 Å². The first kappa shape index (κ1) is 17.9. The average molecular weight is 358 g/mol. The Morgan fingerprint density at radius 2 is 1.88 bits per heavy atom. The van der Waals surface area contributed by atoms with E-state index in [1.165, 1.54) is 17.8 Å². The quantitative estimate of drug-likeness (QED) is 0.755. The topological polar surface area (TPSA) is 48.9 Å². The minimum atomic E-state index is 0.150. The summed E-state index contributed by atoms with van der Waals surface area (Å²) in [6.07, 6.45) is 1.89. The SMILES string of the molecule is COCC(=O)N1C[C@@H]2C(CN3CCN(Cc4ncccc4C)CC3)[C@@H]2C1. The van der Waals surface area contributed by atoms with Crippen LogP contribution in [0.4, 0.5) is 0 Å². The summed E-state index contributed by atoms with van der Waals surface area (Å²) in [6.45, 7) is 11.0. The van der Waals surface area contributed by atoms with Crippen LogP contribution in [-0.4, -0.2) is 85.1 Å². The molecular weight excluding hydrogens is 328 g/mol. The lowest BCUT2D eigenvalue weighted by Gasteiger charge is -2.35. The third-order valence-electron chi connectivity index (χ3n) is 6.42. The van der Waals surface area contributed by atoms with Crippen molar-refractivity contribution < 1.29 is 9.53 Å². The number of carbonyl (C=O) groups excluding carboxylic acids is 1. The standard InChI is InChI=1S/C20H30N4O2/c1-15-4-3-5-21-19(15)13-23-8-6-22(7-9-23)10-16-17-11-24(12-18(16)17)20(25)14-26-2/h3-5,16-18H,6-14H2,1-2H3/t16?,17-,18+. The van der Waals surface area contributed by atoms with Crippen LogP contribution in [0.1, 0.15) is 11.3 Å². The van der Waals surface area contributed by atoms with Crippen LogP contribution in [0.25, 0.3) is 0 Å². The molecule has 2 aliphatic heterocycles. The molecule has 6 heteroatoms. The molecule has 0 spiro atoms. The van der Waals surface area contributed by atoms with Crippen LogP contribution in [-0.2, 0) is 16.1 Å². The first-order chi connectivity index (χ1) is 12.7. The van der Waals surface area contributed by atoms with E-state index in [1.54, 1.807) is 7.11 Å². The molecule has 1 aliphatic carbocycles. The number of ether oxygens (including phenoxy) is 1. The highest BCUT2D eigenvalue weighted by molar-refractivity contribution is 5.78. The summed E-state index contributed by atoms with van der Waals surface area (Å²) in [5.41, 5.74) is 2.49. The number of pyridine rings is 1. The first-order valence-corrected chi connectivity index (χ1v) is 9.77. The molecule has 3 fully saturated rings. The molecular formula is C20H30N4O2. The number of nitrogens with zero attached hydrogens (tertiary/aromatic N) is 4. The number of amides is 1. The Bertz CT molecular complexity index is 632. The predicted molar refractivity (Wildman–Crippen MR) is 99.6 cm³/mol. The summed E-state index contributed by atoms with van der Waals surface area (Å²) in [6, 6.07) is 4.15. The molecule has 0 N–H and O–H groups in total. The largest absolute Gasteiger partial charge is 0.375 e. The van der Waals surface area contributed by atoms with Gasteiger partial charge in [-0.1, -0.05) is 6.07 Å². The summed E-state index contributed by atoms with van der Waals surface area (Å²) in [7, 11) is 1.59. The van der Waals surface area contributed by atoms with Gasteiger partial charge in [0.25, 0.3) is 0 Å². The smallest absolute Gasteiger partial charge is 0.248 e. The summed E-state index contributed by atoms with van der Waals surface area (Å²) in [4.78, 5) is 23.5. The number of aromatic nitrogens is 1. The Labute approximate surface area is 156 Å². The number of rotatable bonds is 6. The minimum absolute atomic E-state index is 0.150. The molecule has 4 rings (SSSR count). The minimum Gasteiger partial charge on any atom is -0.375 e. The number of carbonyl (C=O) groups is 1. The molecule has 1 saturated carbocycles. The van der Waals surface area contributed by atoms with E-state index in [4.69, 9.17) is 4.74 Å². The van der Waals surface area contributed by atoms with Crippen molar-refractivity contribution in [3.63, 3.8) is 0 Å². The highest BCUT2D eigenvalue weighted by atomic mass is 16.5. The van der Waals surface area contributed by atoms with Gasteiger partial charge in [-0.2, -0.15) is 0 Å². The number of aryl methyl sites for hydroxylation is 1. The van der Waals surface area contributed by atoms with E-state index >= 15 is 0 Å². The molecule has 0 aromatic carbocycles. The van der Waals surface area contributed by atoms with Gasteiger partial charge in [0.05, 0.1) is 5.69 Å². The lowest BCUT2D eigenvalue weighted by molar-refractivity contribution is -0.134. The number of hydrogen-bond acceptors (Lipinski definition) is 5. The van der Waals surface area contributed by atoms with Gasteiger partial charge < -0.3 is 14.5 Å². The highest BCUT2D eigenvalue weighted by Gasteiger charge is 2.56. The normalized spacial score (nSPS) is 29.0. The number of methoxy groups -OCH3 is 1. The Hall–Kier alpha value is -1.50. The fraction of sp³-hybridized carbons (Fsp3) is 0.700. The zero-order valence-electron chi connectivity index (χ0n) is 15.9. The van der Waals surface area contributed by atoms with Crippen LogP contribution in [0.15, 0.2) is 18.3 Å². The molecule has 1 unspecified atom stereocenters. The van der Waals surface area contributed by atoms with Crippen molar-refractivity contribution >= 4 is 5.91 Å². The van der Waals surface area contributed by atoms with Gasteiger partial charge in [0, 0.05) is 65.7 Å². The Morgan fingerprint density at radius 3 is 2.54 bits per heavy atom. The van der Waals surface area contributed by atoms with Crippen LogP contribution < -0.4 is 0 Å². The van der Waals surface area contributed by atoms with Crippen molar-refractivity contribution in [2.24, 2.45) is 17.8 Å². The summed E-state index contributed by atoms with van der Waals surface area (Å²) in [5.74, 6) is 2.40. The van der Waals surface area contributed by atoms with Gasteiger partial charge in [-0.15, -0.1) is 0 Å². The van der Waals surface area contributed by atoms with Crippen molar-refractivity contribution in [2.45, 2.75) is 13.5 Å². The van der Waals surface area contributed by atoms with Crippen molar-refractivity contribution in [1.82, 2.24) is 19.7 Å². The third kappa shape index (κ3) is 3.77. The summed E-state index contributed by atoms with van der Waals surface area (Å²) < 4.78 is 4.97. The van der Waals surface area contributed by atoms with Gasteiger partial charge in [0.1, 0.15) is 6.61 Å². The van der Waals surface area contributed by atoms with E-state index in [9.17, 15) is 4.79 Å². The van der Waals surface area contributed by atoms with E-state index in [-0.39, 0.29) is 12.5 Å². The molecule has 1 aromatic rings. The molecule has 1 aromatic heterocycles. The first-order valence-electron chi connectivity index (χ1n) is 9.77. The van der Waals surface area contributed by atoms with Crippen molar-refractivity contribution in [3.8, 4) is 0 Å². The number of hydrogen-bond donors (Lipinski definition) is 0. The number of fused-ring (bicyclic) bond motifs is 1. The predicted octanol–water partition coefficient (Wildman–Crippen LogP) is 0.858. The Morgan fingerprint density at radius 1 is 1.19 bits per heavy atom. The van der Waals surface area contributed by atoms with Gasteiger partial charge >= 0.3 is 0 Å². The van der Waals surface area contributed by atoms with E-state index < -0.39 is 0 Å². The van der Waals surface area contributed by atoms with E-state index in [0.717, 1.165) is 63.6 Å². The maximum atomic E-state index is 11.9. The van der Waals surface area contributed by atoms with E-state index in [1.807, 2.05) is 17.2 Å². The highest BCUT2D eigenvalue weighted by Crippen LogP contribution is 2.52. The second-order valence-corrected chi connectivity index (χ2v) is 8.07. The second kappa shape index (κ2) is 7.62. The maximum Gasteiger partial charge on any atom is 0.248 e. The zero-order valence-corrected chi connectivity index (χ0v) is 15.9. The van der Waals surface area contributed by atoms with Gasteiger partial charge in [-0.25, -0.2) is 0 Å². The van der Waals surface area contributed by atoms with Crippen LogP contribution in [0.3, 0.4) is 0 Å². The van der Waals surface area contributed by atoms with E-state index in [2.05, 4.69) is 27.8 Å². The molecule has 0 radical (unpaired) electrons. The fourth-order valence-electron chi connectivity index (χ4n) is 4.66. The lowest BCUT2D eigenvalue weighted by Crippen LogP contribution is -2.47. The van der Waals surface area contributed by atoms with Gasteiger partial charge in [-0.05, 0) is 36.3 Å². The number of piperazine rings is 1. The monoisotopic (exact) mass is 358 g/mol. The van der Waals surface area contributed by atoms with E-state index in [0.29, 0.717) is 0 Å². The summed E-state index contributed by atoms with van der Waals surface area (Å²) >= 11 is 0. The van der Waals surface area contributed by atoms with Crippen LogP contribution in [0.5, 0.6) is 0 Å². The second-order valence-electron chi connectivity index (χ2n) is 8.07. The molecule has 3 atom stereocenters. The Balaban J connectivity index is 1.18. The van der Waals surface area contributed by atoms with Crippen LogP contribution >= 0.6 is 0 Å². The lowest BCUT2D eigenvalue weighted by atomic mass is 10.2. The van der Waals surface area contributed by atoms with Crippen LogP contribution in [0, 0.1) is 24.7 Å². The van der Waals surface area contributed by atoms with Gasteiger partial charge in [0.2, 0.25) is 5.91 Å². The molecule has 3 aliphatic rings. The molecule has 2 saturated heterocycles. The van der Waals surface area contributed by atoms with Crippen molar-refractivity contribution in [2.75, 3.05) is 59.5 Å². The van der Waals surface area contributed by atoms with Crippen molar-refractivity contribution in [1.29, 1.82) is 0 Å². The molecule has 0 bridgehead atoms. The zero-order chi connectivity index (χ0) is 18.1. The molecule has 3 heterocycles. The fourth-order valence-corrected chi connectivity index (χ4v) is 4.66. The average Bonchev–Trinajstić information content (AvgIpc) is 3.08. The Kier molecular flexibility index (Phi) is 5.25. The molecule has 1 amide bonds. The van der Waals surface area contributed by atoms with Gasteiger partial charge in [0.15, 0.2) is 0 Å². The van der Waals surface area contributed by atoms with Crippen molar-refractivity contribution in [3.05, 3.63) is 29.6 Å². The molecule has 6 nitrogen and oxygen atoms in total. The molecule has 142 valence electrons. The maximum absolute atomic E-state index is 11.9. The number of likely N-dealkylation sites (tertiary alicyclic amines) is 1. The summed E-state index contributed by atoms with van der Waals surface area (Å²) in [5, 5.41) is 0.